The minimum atomic E-state index is 0.511. The number of para-hydroxylation sites is 1. The van der Waals surface area contributed by atoms with Crippen LogP contribution in [0.2, 0.25) is 0 Å². The highest BCUT2D eigenvalue weighted by Crippen LogP contribution is 2.18. The highest BCUT2D eigenvalue weighted by molar-refractivity contribution is 5.79. The molecule has 0 saturated heterocycles. The summed E-state index contributed by atoms with van der Waals surface area (Å²) in [6.07, 6.45) is 3.36. The van der Waals surface area contributed by atoms with Crippen molar-refractivity contribution in [1.82, 2.24) is 10.6 Å². The summed E-state index contributed by atoms with van der Waals surface area (Å²) in [5.74, 6) is 2.61. The Morgan fingerprint density at radius 1 is 1.08 bits per heavy atom. The van der Waals surface area contributed by atoms with Gasteiger partial charge in [-0.05, 0) is 30.7 Å². The second kappa shape index (κ2) is 9.68. The van der Waals surface area contributed by atoms with Crippen LogP contribution in [0.5, 0.6) is 0 Å². The molecule has 0 saturated carbocycles. The lowest BCUT2D eigenvalue weighted by molar-refractivity contribution is 0.105. The van der Waals surface area contributed by atoms with Crippen LogP contribution in [0.25, 0.3) is 11.0 Å². The number of guanidine groups is 1. The molecular formula is C20H25N3O3. The number of hydrogen-bond donors (Lipinski definition) is 2. The maximum absolute atomic E-state index is 5.82. The molecule has 6 heteroatoms. The van der Waals surface area contributed by atoms with Crippen LogP contribution in [0.15, 0.2) is 62.6 Å². The molecule has 26 heavy (non-hydrogen) atoms. The predicted molar refractivity (Wildman–Crippen MR) is 102 cm³/mol. The third-order valence-corrected chi connectivity index (χ3v) is 3.95. The van der Waals surface area contributed by atoms with E-state index in [4.69, 9.17) is 13.6 Å². The summed E-state index contributed by atoms with van der Waals surface area (Å²) in [6, 6.07) is 13.9. The fourth-order valence-corrected chi connectivity index (χ4v) is 2.63. The Kier molecular flexibility index (Phi) is 6.73. The zero-order chi connectivity index (χ0) is 18.0. The van der Waals surface area contributed by atoms with Crippen LogP contribution >= 0.6 is 0 Å². The molecule has 0 aliphatic heterocycles. The molecule has 3 aromatic rings. The maximum Gasteiger partial charge on any atom is 0.190 e. The predicted octanol–water partition coefficient (Wildman–Crippen LogP) is 3.34. The smallest absolute Gasteiger partial charge is 0.190 e. The average Bonchev–Trinajstić information content (AvgIpc) is 3.32. The van der Waals surface area contributed by atoms with E-state index in [-0.39, 0.29) is 0 Å². The molecular weight excluding hydrogens is 330 g/mol. The summed E-state index contributed by atoms with van der Waals surface area (Å²) >= 11 is 0. The van der Waals surface area contributed by atoms with E-state index in [1.54, 1.807) is 13.3 Å². The first-order valence-electron chi connectivity index (χ1n) is 8.87. The lowest BCUT2D eigenvalue weighted by atomic mass is 10.2. The van der Waals surface area contributed by atoms with Crippen molar-refractivity contribution in [3.05, 3.63) is 60.2 Å². The number of nitrogens with one attached hydrogen (secondary N) is 2. The highest BCUT2D eigenvalue weighted by Gasteiger charge is 2.03. The van der Waals surface area contributed by atoms with E-state index in [1.807, 2.05) is 30.3 Å². The van der Waals surface area contributed by atoms with Crippen molar-refractivity contribution < 1.29 is 13.6 Å². The van der Waals surface area contributed by atoms with Gasteiger partial charge in [-0.1, -0.05) is 18.2 Å². The molecule has 3 rings (SSSR count). The molecule has 138 valence electrons. The molecule has 1 aromatic carbocycles. The van der Waals surface area contributed by atoms with Crippen LogP contribution in [-0.2, 0) is 17.8 Å². The maximum atomic E-state index is 5.82. The normalized spacial score (nSPS) is 11.8. The first-order valence-corrected chi connectivity index (χ1v) is 8.87. The molecule has 6 nitrogen and oxygen atoms in total. The van der Waals surface area contributed by atoms with Crippen LogP contribution in [0.4, 0.5) is 0 Å². The second-order valence-electron chi connectivity index (χ2n) is 5.91. The van der Waals surface area contributed by atoms with Gasteiger partial charge in [0.25, 0.3) is 0 Å². The van der Waals surface area contributed by atoms with E-state index < -0.39 is 0 Å². The average molecular weight is 355 g/mol. The molecule has 0 aliphatic carbocycles. The van der Waals surface area contributed by atoms with Gasteiger partial charge in [-0.3, -0.25) is 4.99 Å². The summed E-state index contributed by atoms with van der Waals surface area (Å²) < 4.78 is 16.6. The molecule has 0 bridgehead atoms. The van der Waals surface area contributed by atoms with Crippen LogP contribution in [0.1, 0.15) is 17.9 Å². The lowest BCUT2D eigenvalue weighted by Crippen LogP contribution is -2.38. The Balaban J connectivity index is 1.29. The fraction of sp³-hybridized carbons (Fsp3) is 0.350. The Morgan fingerprint density at radius 3 is 2.77 bits per heavy atom. The van der Waals surface area contributed by atoms with E-state index in [0.29, 0.717) is 13.2 Å². The molecule has 0 atom stereocenters. The van der Waals surface area contributed by atoms with E-state index in [9.17, 15) is 0 Å². The first kappa shape index (κ1) is 18.1. The molecule has 0 aliphatic rings. The van der Waals surface area contributed by atoms with Gasteiger partial charge in [0.2, 0.25) is 0 Å². The minimum Gasteiger partial charge on any atom is -0.467 e. The summed E-state index contributed by atoms with van der Waals surface area (Å²) in [5.41, 5.74) is 0.930. The van der Waals surface area contributed by atoms with Crippen LogP contribution in [0, 0.1) is 0 Å². The topological polar surface area (TPSA) is 71.9 Å². The van der Waals surface area contributed by atoms with Crippen molar-refractivity contribution >= 4 is 16.9 Å². The number of nitrogens with zero attached hydrogens (tertiary/aromatic N) is 1. The Hall–Kier alpha value is -2.73. The fourth-order valence-electron chi connectivity index (χ4n) is 2.63. The lowest BCUT2D eigenvalue weighted by Gasteiger charge is -2.11. The third kappa shape index (κ3) is 5.39. The van der Waals surface area contributed by atoms with Crippen molar-refractivity contribution in [2.45, 2.75) is 19.4 Å². The van der Waals surface area contributed by atoms with Gasteiger partial charge in [0.1, 0.15) is 23.7 Å². The van der Waals surface area contributed by atoms with Gasteiger partial charge in [0.15, 0.2) is 5.96 Å². The van der Waals surface area contributed by atoms with E-state index >= 15 is 0 Å². The van der Waals surface area contributed by atoms with E-state index in [2.05, 4.69) is 27.8 Å². The largest absolute Gasteiger partial charge is 0.467 e. The molecule has 0 amide bonds. The van der Waals surface area contributed by atoms with Gasteiger partial charge in [0, 0.05) is 38.6 Å². The van der Waals surface area contributed by atoms with Crippen molar-refractivity contribution in [3.63, 3.8) is 0 Å². The van der Waals surface area contributed by atoms with Gasteiger partial charge in [-0.15, -0.1) is 0 Å². The van der Waals surface area contributed by atoms with Gasteiger partial charge >= 0.3 is 0 Å². The van der Waals surface area contributed by atoms with Gasteiger partial charge in [0.05, 0.1) is 6.26 Å². The zero-order valence-electron chi connectivity index (χ0n) is 15.0. The monoisotopic (exact) mass is 355 g/mol. The summed E-state index contributed by atoms with van der Waals surface area (Å²) in [6.45, 7) is 2.73. The molecule has 2 N–H and O–H groups in total. The van der Waals surface area contributed by atoms with Gasteiger partial charge < -0.3 is 24.2 Å². The molecule has 0 spiro atoms. The van der Waals surface area contributed by atoms with E-state index in [1.165, 1.54) is 0 Å². The second-order valence-corrected chi connectivity index (χ2v) is 5.91. The van der Waals surface area contributed by atoms with E-state index in [0.717, 1.165) is 54.4 Å². The van der Waals surface area contributed by atoms with Crippen molar-refractivity contribution in [3.8, 4) is 0 Å². The molecule has 2 heterocycles. The van der Waals surface area contributed by atoms with Gasteiger partial charge in [-0.25, -0.2) is 0 Å². The quantitative estimate of drug-likeness (QED) is 0.350. The third-order valence-electron chi connectivity index (χ3n) is 3.95. The Labute approximate surface area is 153 Å². The minimum absolute atomic E-state index is 0.511. The Bertz CT molecular complexity index is 776. The van der Waals surface area contributed by atoms with Crippen molar-refractivity contribution in [1.29, 1.82) is 0 Å². The number of furan rings is 2. The number of fused-ring (bicyclic) bond motifs is 1. The highest BCUT2D eigenvalue weighted by atomic mass is 16.5. The number of ether oxygens (including phenoxy) is 1. The molecule has 0 unspecified atom stereocenters. The standard InChI is InChI=1S/C20H25N3O3/c1-21-20(22-10-5-12-24-15-18-7-4-13-25-18)23-11-9-17-14-16-6-2-3-8-19(16)26-17/h2-4,6-8,13-14H,5,9-12,15H2,1H3,(H2,21,22,23). The zero-order valence-corrected chi connectivity index (χ0v) is 15.0. The summed E-state index contributed by atoms with van der Waals surface area (Å²) in [5, 5.41) is 7.72. The Morgan fingerprint density at radius 2 is 1.96 bits per heavy atom. The van der Waals surface area contributed by atoms with Crippen LogP contribution in [-0.4, -0.2) is 32.7 Å². The molecule has 2 aromatic heterocycles. The first-order chi connectivity index (χ1) is 12.8. The SMILES string of the molecule is CN=C(NCCCOCc1ccco1)NCCc1cc2ccccc2o1. The number of rotatable bonds is 9. The van der Waals surface area contributed by atoms with Crippen molar-refractivity contribution in [2.24, 2.45) is 4.99 Å². The summed E-state index contributed by atoms with van der Waals surface area (Å²) in [4.78, 5) is 4.23. The van der Waals surface area contributed by atoms with Crippen molar-refractivity contribution in [2.75, 3.05) is 26.7 Å². The summed E-state index contributed by atoms with van der Waals surface area (Å²) in [7, 11) is 1.77. The number of aliphatic imine (C=N–C) groups is 1. The number of hydrogen-bond acceptors (Lipinski definition) is 4. The number of benzene rings is 1. The molecule has 0 fully saturated rings. The van der Waals surface area contributed by atoms with Crippen LogP contribution in [0.3, 0.4) is 0 Å². The van der Waals surface area contributed by atoms with Crippen LogP contribution < -0.4 is 10.6 Å². The molecule has 0 radical (unpaired) electrons. The van der Waals surface area contributed by atoms with Gasteiger partial charge in [-0.2, -0.15) is 0 Å².